The minimum atomic E-state index is -3.58. The van der Waals surface area contributed by atoms with Crippen LogP contribution in [0.1, 0.15) is 17.5 Å². The summed E-state index contributed by atoms with van der Waals surface area (Å²) < 4.78 is 32.2. The molecule has 29 heavy (non-hydrogen) atoms. The minimum Gasteiger partial charge on any atom is -0.379 e. The van der Waals surface area contributed by atoms with Crippen molar-refractivity contribution < 1.29 is 17.9 Å². The molecule has 0 saturated carbocycles. The molecule has 3 rings (SSSR count). The Morgan fingerprint density at radius 3 is 2.59 bits per heavy atom. The molecule has 2 aromatic carbocycles. The van der Waals surface area contributed by atoms with Crippen molar-refractivity contribution in [1.29, 1.82) is 0 Å². The van der Waals surface area contributed by atoms with Crippen molar-refractivity contribution in [3.8, 4) is 0 Å². The molecule has 0 aliphatic carbocycles. The number of nitrogens with one attached hydrogen (secondary N) is 1. The molecule has 1 N–H and O–H groups in total. The standard InChI is InChI=1S/C21H26N2O4S2/c1-16-6-7-19(14-17(16)2)28-13-8-21(24)22-18-4-3-5-20(15-18)29(25,26)23-9-11-27-12-10-23/h3-7,14-15H,8-13H2,1-2H3,(H,22,24). The largest absolute Gasteiger partial charge is 0.379 e. The number of morpholine rings is 1. The highest BCUT2D eigenvalue weighted by Crippen LogP contribution is 2.23. The van der Waals surface area contributed by atoms with Gasteiger partial charge in [-0.25, -0.2) is 8.42 Å². The van der Waals surface area contributed by atoms with E-state index in [1.807, 2.05) is 0 Å². The molecule has 2 aromatic rings. The van der Waals surface area contributed by atoms with Crippen LogP contribution in [0.5, 0.6) is 0 Å². The van der Waals surface area contributed by atoms with Gasteiger partial charge in [0.2, 0.25) is 15.9 Å². The lowest BCUT2D eigenvalue weighted by atomic mass is 10.1. The lowest BCUT2D eigenvalue weighted by Crippen LogP contribution is -2.40. The monoisotopic (exact) mass is 434 g/mol. The van der Waals surface area contributed by atoms with Crippen LogP contribution in [0.2, 0.25) is 0 Å². The summed E-state index contributed by atoms with van der Waals surface area (Å²) >= 11 is 1.63. The first-order chi connectivity index (χ1) is 13.9. The van der Waals surface area contributed by atoms with Crippen LogP contribution in [0.4, 0.5) is 5.69 Å². The summed E-state index contributed by atoms with van der Waals surface area (Å²) in [6.45, 7) is 5.62. The first-order valence-electron chi connectivity index (χ1n) is 9.54. The normalized spacial score (nSPS) is 15.2. The molecule has 1 amide bonds. The number of rotatable bonds is 7. The number of aryl methyl sites for hydroxylation is 2. The Hall–Kier alpha value is -1.87. The van der Waals surface area contributed by atoms with Crippen LogP contribution in [0.15, 0.2) is 52.3 Å². The van der Waals surface area contributed by atoms with E-state index in [2.05, 4.69) is 37.4 Å². The predicted octanol–water partition coefficient (Wildman–Crippen LogP) is 3.45. The number of amides is 1. The molecular formula is C21H26N2O4S2. The average molecular weight is 435 g/mol. The fourth-order valence-corrected chi connectivity index (χ4v) is 5.36. The van der Waals surface area contributed by atoms with Gasteiger partial charge in [-0.2, -0.15) is 4.31 Å². The zero-order chi connectivity index (χ0) is 20.9. The molecule has 1 fully saturated rings. The summed E-state index contributed by atoms with van der Waals surface area (Å²) in [5, 5.41) is 2.80. The number of sulfonamides is 1. The maximum Gasteiger partial charge on any atom is 0.243 e. The van der Waals surface area contributed by atoms with Gasteiger partial charge in [-0.1, -0.05) is 12.1 Å². The van der Waals surface area contributed by atoms with Crippen molar-refractivity contribution >= 4 is 33.4 Å². The van der Waals surface area contributed by atoms with Crippen molar-refractivity contribution in [3.05, 3.63) is 53.6 Å². The topological polar surface area (TPSA) is 75.7 Å². The van der Waals surface area contributed by atoms with Gasteiger partial charge in [-0.05, 0) is 55.3 Å². The highest BCUT2D eigenvalue weighted by atomic mass is 32.2. The third kappa shape index (κ3) is 5.82. The highest BCUT2D eigenvalue weighted by Gasteiger charge is 2.26. The van der Waals surface area contributed by atoms with E-state index in [1.165, 1.54) is 21.5 Å². The second-order valence-corrected chi connectivity index (χ2v) is 10.0. The van der Waals surface area contributed by atoms with E-state index in [9.17, 15) is 13.2 Å². The third-order valence-corrected chi connectivity index (χ3v) is 7.69. The number of carbonyl (C=O) groups is 1. The first kappa shape index (κ1) is 21.8. The average Bonchev–Trinajstić information content (AvgIpc) is 2.71. The van der Waals surface area contributed by atoms with Crippen LogP contribution in [-0.2, 0) is 19.6 Å². The fraction of sp³-hybridized carbons (Fsp3) is 0.381. The van der Waals surface area contributed by atoms with E-state index in [4.69, 9.17) is 4.74 Å². The van der Waals surface area contributed by atoms with Crippen molar-refractivity contribution in [2.75, 3.05) is 37.4 Å². The highest BCUT2D eigenvalue weighted by molar-refractivity contribution is 7.99. The molecule has 0 spiro atoms. The van der Waals surface area contributed by atoms with Gasteiger partial charge in [0.25, 0.3) is 0 Å². The quantitative estimate of drug-likeness (QED) is 0.676. The number of hydrogen-bond donors (Lipinski definition) is 1. The summed E-state index contributed by atoms with van der Waals surface area (Å²) in [6, 6.07) is 12.7. The van der Waals surface area contributed by atoms with Gasteiger partial charge in [0.15, 0.2) is 0 Å². The lowest BCUT2D eigenvalue weighted by Gasteiger charge is -2.26. The molecule has 8 heteroatoms. The number of hydrogen-bond acceptors (Lipinski definition) is 5. The molecule has 0 unspecified atom stereocenters. The predicted molar refractivity (Wildman–Crippen MR) is 116 cm³/mol. The number of ether oxygens (including phenoxy) is 1. The molecule has 1 aliphatic heterocycles. The number of benzene rings is 2. The fourth-order valence-electron chi connectivity index (χ4n) is 2.96. The summed E-state index contributed by atoms with van der Waals surface area (Å²) in [5.41, 5.74) is 2.97. The van der Waals surface area contributed by atoms with Gasteiger partial charge in [-0.15, -0.1) is 11.8 Å². The SMILES string of the molecule is Cc1ccc(SCCC(=O)Nc2cccc(S(=O)(=O)N3CCOCC3)c2)cc1C. The summed E-state index contributed by atoms with van der Waals surface area (Å²) in [7, 11) is -3.58. The first-order valence-corrected chi connectivity index (χ1v) is 12.0. The van der Waals surface area contributed by atoms with E-state index in [1.54, 1.807) is 30.0 Å². The van der Waals surface area contributed by atoms with Crippen LogP contribution in [0, 0.1) is 13.8 Å². The van der Waals surface area contributed by atoms with E-state index in [-0.39, 0.29) is 10.8 Å². The number of carbonyl (C=O) groups excluding carboxylic acids is 1. The Balaban J connectivity index is 1.56. The van der Waals surface area contributed by atoms with Crippen LogP contribution >= 0.6 is 11.8 Å². The van der Waals surface area contributed by atoms with Gasteiger partial charge in [0, 0.05) is 35.8 Å². The molecule has 156 valence electrons. The zero-order valence-electron chi connectivity index (χ0n) is 16.7. The van der Waals surface area contributed by atoms with Gasteiger partial charge in [0.1, 0.15) is 0 Å². The second kappa shape index (κ2) is 9.75. The van der Waals surface area contributed by atoms with Crippen molar-refractivity contribution in [1.82, 2.24) is 4.31 Å². The van der Waals surface area contributed by atoms with E-state index in [0.717, 1.165) is 4.90 Å². The van der Waals surface area contributed by atoms with Crippen LogP contribution in [-0.4, -0.2) is 50.7 Å². The van der Waals surface area contributed by atoms with Gasteiger partial charge in [0.05, 0.1) is 18.1 Å². The molecule has 6 nitrogen and oxygen atoms in total. The maximum absolute atomic E-state index is 12.8. The number of anilines is 1. The van der Waals surface area contributed by atoms with Gasteiger partial charge < -0.3 is 10.1 Å². The molecule has 0 atom stereocenters. The van der Waals surface area contributed by atoms with Crippen molar-refractivity contribution in [3.63, 3.8) is 0 Å². The molecule has 1 heterocycles. The number of nitrogens with zero attached hydrogens (tertiary/aromatic N) is 1. The molecular weight excluding hydrogens is 408 g/mol. The van der Waals surface area contributed by atoms with E-state index < -0.39 is 10.0 Å². The summed E-state index contributed by atoms with van der Waals surface area (Å²) in [5.74, 6) is 0.516. The minimum absolute atomic E-state index is 0.137. The van der Waals surface area contributed by atoms with Crippen molar-refractivity contribution in [2.45, 2.75) is 30.1 Å². The van der Waals surface area contributed by atoms with Gasteiger partial charge >= 0.3 is 0 Å². The Morgan fingerprint density at radius 1 is 1.10 bits per heavy atom. The maximum atomic E-state index is 12.8. The van der Waals surface area contributed by atoms with Crippen molar-refractivity contribution in [2.24, 2.45) is 0 Å². The second-order valence-electron chi connectivity index (χ2n) is 6.94. The molecule has 1 saturated heterocycles. The molecule has 0 bridgehead atoms. The Bertz CT molecular complexity index is 970. The Labute approximate surface area is 176 Å². The molecule has 1 aliphatic rings. The smallest absolute Gasteiger partial charge is 0.243 e. The van der Waals surface area contributed by atoms with Crippen LogP contribution in [0.25, 0.3) is 0 Å². The van der Waals surface area contributed by atoms with Gasteiger partial charge in [-0.3, -0.25) is 4.79 Å². The van der Waals surface area contributed by atoms with E-state index >= 15 is 0 Å². The zero-order valence-corrected chi connectivity index (χ0v) is 18.3. The number of thioether (sulfide) groups is 1. The van der Waals surface area contributed by atoms with Crippen LogP contribution < -0.4 is 5.32 Å². The molecule has 0 radical (unpaired) electrons. The Kier molecular flexibility index (Phi) is 7.34. The third-order valence-electron chi connectivity index (χ3n) is 4.80. The summed E-state index contributed by atoms with van der Waals surface area (Å²) in [4.78, 5) is 13.6. The van der Waals surface area contributed by atoms with E-state index in [0.29, 0.717) is 44.2 Å². The molecule has 0 aromatic heterocycles. The van der Waals surface area contributed by atoms with Crippen LogP contribution in [0.3, 0.4) is 0 Å². The summed E-state index contributed by atoms with van der Waals surface area (Å²) in [6.07, 6.45) is 0.345. The Morgan fingerprint density at radius 2 is 1.86 bits per heavy atom. The lowest BCUT2D eigenvalue weighted by molar-refractivity contribution is -0.115.